The van der Waals surface area contributed by atoms with Gasteiger partial charge in [0.05, 0.1) is 0 Å². The van der Waals surface area contributed by atoms with Crippen LogP contribution in [0.3, 0.4) is 0 Å². The molecule has 0 atom stereocenters. The molecule has 2 rings (SSSR count). The molecule has 2 N–H and O–H groups in total. The maximum Gasteiger partial charge on any atom is 0.314 e. The first kappa shape index (κ1) is 17.2. The highest BCUT2D eigenvalue weighted by atomic mass is 79.9. The number of halogens is 1. The van der Waals surface area contributed by atoms with Crippen molar-refractivity contribution in [3.05, 3.63) is 58.6 Å². The van der Waals surface area contributed by atoms with Crippen LogP contribution in [0.15, 0.2) is 53.0 Å². The third-order valence-corrected chi connectivity index (χ3v) is 3.81. The zero-order chi connectivity index (χ0) is 16.7. The van der Waals surface area contributed by atoms with Crippen molar-refractivity contribution in [2.45, 2.75) is 26.2 Å². The lowest BCUT2D eigenvalue weighted by atomic mass is 10.1. The predicted octanol–water partition coefficient (Wildman–Crippen LogP) is 4.37. The lowest BCUT2D eigenvalue weighted by Crippen LogP contribution is -2.29. The number of amides is 2. The summed E-state index contributed by atoms with van der Waals surface area (Å²) < 4.78 is 0.832. The molecule has 0 radical (unpaired) electrons. The van der Waals surface area contributed by atoms with Crippen LogP contribution >= 0.6 is 15.9 Å². The lowest BCUT2D eigenvalue weighted by molar-refractivity contribution is -0.132. The Morgan fingerprint density at radius 1 is 0.957 bits per heavy atom. The van der Waals surface area contributed by atoms with Crippen LogP contribution in [-0.2, 0) is 16.0 Å². The molecular formula is C18H19BrN2O2. The van der Waals surface area contributed by atoms with Gasteiger partial charge >= 0.3 is 11.8 Å². The second kappa shape index (κ2) is 8.48. The van der Waals surface area contributed by atoms with Crippen molar-refractivity contribution in [1.29, 1.82) is 0 Å². The standard InChI is InChI=1S/C18H19BrN2O2/c1-2-3-5-13-8-10-15(11-9-13)20-17(22)18(23)21-16-7-4-6-14(19)12-16/h4,6-12H,2-3,5H2,1H3,(H,20,22)(H,21,23). The Balaban J connectivity index is 1.91. The minimum absolute atomic E-state index is 0.564. The molecule has 5 heteroatoms. The summed E-state index contributed by atoms with van der Waals surface area (Å²) in [4.78, 5) is 23.8. The van der Waals surface area contributed by atoms with Crippen LogP contribution in [0.1, 0.15) is 25.3 Å². The third kappa shape index (κ3) is 5.53. The molecule has 0 heterocycles. The average molecular weight is 375 g/mol. The van der Waals surface area contributed by atoms with Gasteiger partial charge in [-0.2, -0.15) is 0 Å². The van der Waals surface area contributed by atoms with E-state index in [9.17, 15) is 9.59 Å². The van der Waals surface area contributed by atoms with Gasteiger partial charge in [0, 0.05) is 15.8 Å². The summed E-state index contributed by atoms with van der Waals surface area (Å²) in [6.45, 7) is 2.15. The number of carbonyl (C=O) groups excluding carboxylic acids is 2. The van der Waals surface area contributed by atoms with Gasteiger partial charge in [-0.3, -0.25) is 9.59 Å². The molecule has 0 saturated heterocycles. The van der Waals surface area contributed by atoms with Crippen LogP contribution in [0.2, 0.25) is 0 Å². The Morgan fingerprint density at radius 3 is 2.22 bits per heavy atom. The van der Waals surface area contributed by atoms with E-state index in [0.717, 1.165) is 23.7 Å². The molecule has 2 aromatic carbocycles. The van der Waals surface area contributed by atoms with E-state index in [2.05, 4.69) is 33.5 Å². The summed E-state index contributed by atoms with van der Waals surface area (Å²) >= 11 is 3.32. The van der Waals surface area contributed by atoms with Gasteiger partial charge < -0.3 is 10.6 Å². The quantitative estimate of drug-likeness (QED) is 0.763. The third-order valence-electron chi connectivity index (χ3n) is 3.32. The molecule has 2 amide bonds. The van der Waals surface area contributed by atoms with Crippen LogP contribution in [-0.4, -0.2) is 11.8 Å². The lowest BCUT2D eigenvalue weighted by Gasteiger charge is -2.07. The van der Waals surface area contributed by atoms with E-state index in [-0.39, 0.29) is 0 Å². The van der Waals surface area contributed by atoms with Crippen molar-refractivity contribution in [3.8, 4) is 0 Å². The molecule has 4 nitrogen and oxygen atoms in total. The minimum atomic E-state index is -0.696. The van der Waals surface area contributed by atoms with E-state index in [0.29, 0.717) is 11.4 Å². The summed E-state index contributed by atoms with van der Waals surface area (Å²) in [5.74, 6) is -1.38. The molecule has 0 aliphatic carbocycles. The predicted molar refractivity (Wildman–Crippen MR) is 96.5 cm³/mol. The normalized spacial score (nSPS) is 10.2. The van der Waals surface area contributed by atoms with Crippen molar-refractivity contribution in [3.63, 3.8) is 0 Å². The zero-order valence-corrected chi connectivity index (χ0v) is 14.5. The number of nitrogens with one attached hydrogen (secondary N) is 2. The maximum atomic E-state index is 11.9. The molecule has 2 aromatic rings. The summed E-state index contributed by atoms with van der Waals surface area (Å²) in [5.41, 5.74) is 2.40. The van der Waals surface area contributed by atoms with Gasteiger partial charge in [0.25, 0.3) is 0 Å². The van der Waals surface area contributed by atoms with Gasteiger partial charge in [-0.25, -0.2) is 0 Å². The fourth-order valence-electron chi connectivity index (χ4n) is 2.08. The molecule has 0 aliphatic rings. The second-order valence-electron chi connectivity index (χ2n) is 5.22. The Labute approximate surface area is 144 Å². The summed E-state index contributed by atoms with van der Waals surface area (Å²) in [6, 6.07) is 14.6. The van der Waals surface area contributed by atoms with Crippen LogP contribution in [0.25, 0.3) is 0 Å². The molecule has 0 saturated carbocycles. The molecule has 23 heavy (non-hydrogen) atoms. The number of hydrogen-bond acceptors (Lipinski definition) is 2. The van der Waals surface area contributed by atoms with E-state index < -0.39 is 11.8 Å². The Hall–Kier alpha value is -2.14. The summed E-state index contributed by atoms with van der Waals surface area (Å²) in [7, 11) is 0. The van der Waals surface area contributed by atoms with E-state index in [1.165, 1.54) is 5.56 Å². The number of rotatable bonds is 5. The Bertz CT molecular complexity index is 684. The van der Waals surface area contributed by atoms with Gasteiger partial charge in [-0.1, -0.05) is 47.5 Å². The van der Waals surface area contributed by atoms with Crippen molar-refractivity contribution in [2.75, 3.05) is 10.6 Å². The van der Waals surface area contributed by atoms with Crippen molar-refractivity contribution in [1.82, 2.24) is 0 Å². The largest absolute Gasteiger partial charge is 0.318 e. The van der Waals surface area contributed by atoms with E-state index in [1.54, 1.807) is 18.2 Å². The highest BCUT2D eigenvalue weighted by Crippen LogP contribution is 2.16. The number of carbonyl (C=O) groups is 2. The fourth-order valence-corrected chi connectivity index (χ4v) is 2.48. The summed E-state index contributed by atoms with van der Waals surface area (Å²) in [6.07, 6.45) is 3.31. The summed E-state index contributed by atoms with van der Waals surface area (Å²) in [5, 5.41) is 5.16. The van der Waals surface area contributed by atoms with Crippen molar-refractivity contribution < 1.29 is 9.59 Å². The van der Waals surface area contributed by atoms with E-state index in [4.69, 9.17) is 0 Å². The molecule has 0 bridgehead atoms. The van der Waals surface area contributed by atoms with Crippen LogP contribution < -0.4 is 10.6 Å². The van der Waals surface area contributed by atoms with E-state index >= 15 is 0 Å². The number of anilines is 2. The second-order valence-corrected chi connectivity index (χ2v) is 6.13. The van der Waals surface area contributed by atoms with Gasteiger partial charge in [0.15, 0.2) is 0 Å². The first-order valence-corrected chi connectivity index (χ1v) is 8.34. The maximum absolute atomic E-state index is 11.9. The Morgan fingerprint density at radius 2 is 1.61 bits per heavy atom. The molecular weight excluding hydrogens is 356 g/mol. The molecule has 0 aromatic heterocycles. The Kier molecular flexibility index (Phi) is 6.35. The minimum Gasteiger partial charge on any atom is -0.318 e. The highest BCUT2D eigenvalue weighted by molar-refractivity contribution is 9.10. The van der Waals surface area contributed by atoms with Gasteiger partial charge in [0.1, 0.15) is 0 Å². The molecule has 0 spiro atoms. The topological polar surface area (TPSA) is 58.2 Å². The highest BCUT2D eigenvalue weighted by Gasteiger charge is 2.14. The smallest absolute Gasteiger partial charge is 0.314 e. The molecule has 0 aliphatic heterocycles. The van der Waals surface area contributed by atoms with Crippen LogP contribution in [0.5, 0.6) is 0 Å². The SMILES string of the molecule is CCCCc1ccc(NC(=O)C(=O)Nc2cccc(Br)c2)cc1. The number of unbranched alkanes of at least 4 members (excludes halogenated alkanes) is 1. The average Bonchev–Trinajstić information content (AvgIpc) is 2.54. The molecule has 0 fully saturated rings. The molecule has 120 valence electrons. The van der Waals surface area contributed by atoms with Crippen LogP contribution in [0, 0.1) is 0 Å². The zero-order valence-electron chi connectivity index (χ0n) is 12.9. The van der Waals surface area contributed by atoms with Gasteiger partial charge in [0.2, 0.25) is 0 Å². The van der Waals surface area contributed by atoms with Crippen molar-refractivity contribution in [2.24, 2.45) is 0 Å². The number of aryl methyl sites for hydroxylation is 1. The monoisotopic (exact) mass is 374 g/mol. The van der Waals surface area contributed by atoms with Crippen molar-refractivity contribution >= 4 is 39.1 Å². The molecule has 0 unspecified atom stereocenters. The van der Waals surface area contributed by atoms with E-state index in [1.807, 2.05) is 30.3 Å². The first-order chi connectivity index (χ1) is 11.1. The van der Waals surface area contributed by atoms with Gasteiger partial charge in [-0.05, 0) is 48.7 Å². The fraction of sp³-hybridized carbons (Fsp3) is 0.222. The van der Waals surface area contributed by atoms with Crippen LogP contribution in [0.4, 0.5) is 11.4 Å². The van der Waals surface area contributed by atoms with Gasteiger partial charge in [-0.15, -0.1) is 0 Å². The number of benzene rings is 2. The first-order valence-electron chi connectivity index (χ1n) is 7.55. The number of hydrogen-bond donors (Lipinski definition) is 2.